The van der Waals surface area contributed by atoms with Gasteiger partial charge in [-0.25, -0.2) is 0 Å². The average Bonchev–Trinajstić information content (AvgIpc) is 2.63. The highest BCUT2D eigenvalue weighted by molar-refractivity contribution is 5.64. The molecule has 1 aliphatic rings. The summed E-state index contributed by atoms with van der Waals surface area (Å²) < 4.78 is 5.28. The predicted molar refractivity (Wildman–Crippen MR) is 93.2 cm³/mol. The van der Waals surface area contributed by atoms with E-state index in [1.807, 2.05) is 24.3 Å². The van der Waals surface area contributed by atoms with E-state index in [9.17, 15) is 0 Å². The fraction of sp³-hybridized carbons (Fsp3) is 0.381. The summed E-state index contributed by atoms with van der Waals surface area (Å²) >= 11 is 0. The lowest BCUT2D eigenvalue weighted by molar-refractivity contribution is 0.127. The highest BCUT2D eigenvalue weighted by atomic mass is 16.5. The highest BCUT2D eigenvalue weighted by Crippen LogP contribution is 2.36. The Labute approximate surface area is 138 Å². The Hall–Kier alpha value is -2.11. The number of methoxy groups -OCH3 is 1. The van der Waals surface area contributed by atoms with E-state index in [1.54, 1.807) is 7.11 Å². The molecular weight excluding hydrogens is 282 g/mol. The Balaban J connectivity index is 1.66. The molecular formula is C21H23NO. The Morgan fingerprint density at radius 2 is 1.48 bits per heavy atom. The first-order valence-electron chi connectivity index (χ1n) is 8.39. The first-order valence-corrected chi connectivity index (χ1v) is 8.39. The van der Waals surface area contributed by atoms with Crippen LogP contribution in [0.25, 0.3) is 11.1 Å². The fourth-order valence-electron chi connectivity index (χ4n) is 3.58. The second-order valence-electron chi connectivity index (χ2n) is 6.48. The van der Waals surface area contributed by atoms with Crippen molar-refractivity contribution in [1.29, 1.82) is 5.26 Å². The van der Waals surface area contributed by atoms with Crippen molar-refractivity contribution in [3.8, 4) is 17.2 Å². The number of ether oxygens (including phenoxy) is 1. The van der Waals surface area contributed by atoms with Crippen molar-refractivity contribution >= 4 is 0 Å². The maximum Gasteiger partial charge on any atom is 0.0991 e. The normalized spacial score (nSPS) is 20.9. The van der Waals surface area contributed by atoms with Crippen LogP contribution in [-0.4, -0.2) is 13.7 Å². The Morgan fingerprint density at radius 1 is 0.913 bits per heavy atom. The summed E-state index contributed by atoms with van der Waals surface area (Å²) in [5.41, 5.74) is 4.54. The van der Waals surface area contributed by atoms with Crippen molar-refractivity contribution in [2.45, 2.75) is 31.6 Å². The standard InChI is InChI=1S/C21H23NO/c1-23-15-17-4-8-19(9-5-17)21-12-10-20(11-13-21)18-6-2-16(14-22)3-7-18/h2-3,6-7,10-13,17,19H,4-5,8-9,15H2,1H3. The number of benzene rings is 2. The number of nitrogens with zero attached hydrogens (tertiary/aromatic N) is 1. The monoisotopic (exact) mass is 305 g/mol. The van der Waals surface area contributed by atoms with E-state index < -0.39 is 0 Å². The predicted octanol–water partition coefficient (Wildman–Crippen LogP) is 5.15. The van der Waals surface area contributed by atoms with Crippen LogP contribution in [-0.2, 0) is 4.74 Å². The Kier molecular flexibility index (Phi) is 5.10. The molecule has 1 aliphatic carbocycles. The van der Waals surface area contributed by atoms with Gasteiger partial charge in [-0.3, -0.25) is 0 Å². The van der Waals surface area contributed by atoms with Crippen LogP contribution in [0, 0.1) is 17.2 Å². The van der Waals surface area contributed by atoms with E-state index in [2.05, 4.69) is 30.3 Å². The van der Waals surface area contributed by atoms with Crippen LogP contribution in [0.1, 0.15) is 42.7 Å². The molecule has 2 heteroatoms. The molecule has 23 heavy (non-hydrogen) atoms. The van der Waals surface area contributed by atoms with Crippen LogP contribution in [0.4, 0.5) is 0 Å². The molecule has 2 aromatic rings. The molecule has 0 N–H and O–H groups in total. The third-order valence-electron chi connectivity index (χ3n) is 4.98. The van der Waals surface area contributed by atoms with Gasteiger partial charge in [0.1, 0.15) is 0 Å². The first kappa shape index (κ1) is 15.8. The molecule has 0 amide bonds. The second kappa shape index (κ2) is 7.44. The SMILES string of the molecule is COCC1CCC(c2ccc(-c3ccc(C#N)cc3)cc2)CC1. The number of hydrogen-bond acceptors (Lipinski definition) is 2. The Morgan fingerprint density at radius 3 is 2.00 bits per heavy atom. The van der Waals surface area contributed by atoms with E-state index in [0.717, 1.165) is 12.5 Å². The minimum absolute atomic E-state index is 0.693. The maximum absolute atomic E-state index is 8.87. The average molecular weight is 305 g/mol. The van der Waals surface area contributed by atoms with Gasteiger partial charge in [-0.05, 0) is 66.3 Å². The second-order valence-corrected chi connectivity index (χ2v) is 6.48. The first-order chi connectivity index (χ1) is 11.3. The molecule has 0 unspecified atom stereocenters. The van der Waals surface area contributed by atoms with Gasteiger partial charge in [0, 0.05) is 13.7 Å². The lowest BCUT2D eigenvalue weighted by atomic mass is 9.79. The van der Waals surface area contributed by atoms with Crippen molar-refractivity contribution in [2.75, 3.05) is 13.7 Å². The topological polar surface area (TPSA) is 33.0 Å². The van der Waals surface area contributed by atoms with Gasteiger partial charge in [0.25, 0.3) is 0 Å². The van der Waals surface area contributed by atoms with Crippen LogP contribution >= 0.6 is 0 Å². The van der Waals surface area contributed by atoms with Gasteiger partial charge in [-0.2, -0.15) is 5.26 Å². The maximum atomic E-state index is 8.87. The molecule has 2 aromatic carbocycles. The summed E-state index contributed by atoms with van der Waals surface area (Å²) in [6.07, 6.45) is 5.08. The van der Waals surface area contributed by atoms with E-state index in [1.165, 1.54) is 42.4 Å². The molecule has 118 valence electrons. The highest BCUT2D eigenvalue weighted by Gasteiger charge is 2.22. The van der Waals surface area contributed by atoms with Gasteiger partial charge >= 0.3 is 0 Å². The summed E-state index contributed by atoms with van der Waals surface area (Å²) in [6, 6.07) is 18.9. The zero-order chi connectivity index (χ0) is 16.1. The lowest BCUT2D eigenvalue weighted by Gasteiger charge is -2.28. The molecule has 2 nitrogen and oxygen atoms in total. The van der Waals surface area contributed by atoms with Crippen molar-refractivity contribution in [2.24, 2.45) is 5.92 Å². The van der Waals surface area contributed by atoms with Gasteiger partial charge in [0.2, 0.25) is 0 Å². The minimum Gasteiger partial charge on any atom is -0.384 e. The van der Waals surface area contributed by atoms with Gasteiger partial charge in [-0.1, -0.05) is 36.4 Å². The van der Waals surface area contributed by atoms with Gasteiger partial charge < -0.3 is 4.74 Å². The summed E-state index contributed by atoms with van der Waals surface area (Å²) in [5.74, 6) is 1.44. The summed E-state index contributed by atoms with van der Waals surface area (Å²) in [7, 11) is 1.80. The third kappa shape index (κ3) is 3.81. The zero-order valence-corrected chi connectivity index (χ0v) is 13.7. The van der Waals surface area contributed by atoms with E-state index >= 15 is 0 Å². The van der Waals surface area contributed by atoms with E-state index in [4.69, 9.17) is 10.00 Å². The van der Waals surface area contributed by atoms with Crippen LogP contribution in [0.15, 0.2) is 48.5 Å². The summed E-state index contributed by atoms with van der Waals surface area (Å²) in [5, 5.41) is 8.87. The number of nitriles is 1. The Bertz CT molecular complexity index is 658. The zero-order valence-electron chi connectivity index (χ0n) is 13.7. The molecule has 1 fully saturated rings. The minimum atomic E-state index is 0.693. The molecule has 3 rings (SSSR count). The van der Waals surface area contributed by atoms with Crippen molar-refractivity contribution in [3.63, 3.8) is 0 Å². The van der Waals surface area contributed by atoms with Crippen LogP contribution in [0.5, 0.6) is 0 Å². The number of rotatable bonds is 4. The van der Waals surface area contributed by atoms with Crippen LogP contribution in [0.2, 0.25) is 0 Å². The molecule has 0 aliphatic heterocycles. The molecule has 1 saturated carbocycles. The van der Waals surface area contributed by atoms with Crippen molar-refractivity contribution < 1.29 is 4.74 Å². The molecule has 0 atom stereocenters. The molecule has 0 heterocycles. The summed E-state index contributed by atoms with van der Waals surface area (Å²) in [6.45, 7) is 0.907. The van der Waals surface area contributed by atoms with Gasteiger partial charge in [0.05, 0.1) is 11.6 Å². The van der Waals surface area contributed by atoms with E-state index in [0.29, 0.717) is 11.5 Å². The van der Waals surface area contributed by atoms with Crippen molar-refractivity contribution in [1.82, 2.24) is 0 Å². The van der Waals surface area contributed by atoms with Gasteiger partial charge in [-0.15, -0.1) is 0 Å². The van der Waals surface area contributed by atoms with Crippen LogP contribution < -0.4 is 0 Å². The molecule has 0 radical (unpaired) electrons. The lowest BCUT2D eigenvalue weighted by Crippen LogP contribution is -2.17. The van der Waals surface area contributed by atoms with Crippen molar-refractivity contribution in [3.05, 3.63) is 59.7 Å². The van der Waals surface area contributed by atoms with Gasteiger partial charge in [0.15, 0.2) is 0 Å². The van der Waals surface area contributed by atoms with E-state index in [-0.39, 0.29) is 0 Å². The smallest absolute Gasteiger partial charge is 0.0991 e. The quantitative estimate of drug-likeness (QED) is 0.783. The molecule has 0 saturated heterocycles. The molecule has 0 spiro atoms. The molecule has 0 bridgehead atoms. The third-order valence-corrected chi connectivity index (χ3v) is 4.98. The molecule has 0 aromatic heterocycles. The fourth-order valence-corrected chi connectivity index (χ4v) is 3.58. The summed E-state index contributed by atoms with van der Waals surface area (Å²) in [4.78, 5) is 0. The number of hydrogen-bond donors (Lipinski definition) is 0. The van der Waals surface area contributed by atoms with Crippen LogP contribution in [0.3, 0.4) is 0 Å². The largest absolute Gasteiger partial charge is 0.384 e.